The normalized spacial score (nSPS) is 15.0. The molecule has 0 aliphatic carbocycles. The van der Waals surface area contributed by atoms with Crippen molar-refractivity contribution >= 4 is 11.9 Å². The smallest absolute Gasteiger partial charge is 0.328 e. The van der Waals surface area contributed by atoms with Crippen molar-refractivity contribution in [1.29, 1.82) is 0 Å². The summed E-state index contributed by atoms with van der Waals surface area (Å²) < 4.78 is 0. The number of benzene rings is 1. The van der Waals surface area contributed by atoms with E-state index in [-0.39, 0.29) is 0 Å². The van der Waals surface area contributed by atoms with Gasteiger partial charge in [-0.2, -0.15) is 0 Å². The van der Waals surface area contributed by atoms with E-state index in [1.807, 2.05) is 0 Å². The molecule has 1 saturated heterocycles. The Morgan fingerprint density at radius 3 is 2.19 bits per heavy atom. The van der Waals surface area contributed by atoms with Gasteiger partial charge >= 0.3 is 11.9 Å². The van der Waals surface area contributed by atoms with Crippen LogP contribution in [-0.2, 0) is 16.1 Å². The molecule has 1 aliphatic rings. The number of hydrogen-bond acceptors (Lipinski definition) is 4. The van der Waals surface area contributed by atoms with Crippen molar-refractivity contribution in [3.05, 3.63) is 47.5 Å². The van der Waals surface area contributed by atoms with E-state index in [0.29, 0.717) is 12.2 Å². The first-order chi connectivity index (χ1) is 12.8. The van der Waals surface area contributed by atoms with Crippen LogP contribution in [0.2, 0.25) is 0 Å². The zero-order valence-electron chi connectivity index (χ0n) is 16.5. The molecule has 6 nitrogen and oxygen atoms in total. The zero-order valence-corrected chi connectivity index (χ0v) is 16.5. The van der Waals surface area contributed by atoms with Crippen LogP contribution in [0.3, 0.4) is 0 Å². The summed E-state index contributed by atoms with van der Waals surface area (Å²) >= 11 is 0. The standard InChI is InChI=1S/C17H28N2.C4H4O4/c1-14(2)12-19(17-8-10-18-11-9-17)13-16-7-5-4-6-15(16)3;5-3(6)1-2-4(7)8/h4-7,14,17-18H,8-13H2,1-3H3;1-2H,(H,5,6)(H,7,8). The van der Waals surface area contributed by atoms with Gasteiger partial charge in [0.2, 0.25) is 0 Å². The predicted octanol–water partition coefficient (Wildman–Crippen LogP) is 2.92. The second-order valence-electron chi connectivity index (χ2n) is 7.24. The molecule has 1 aromatic carbocycles. The summed E-state index contributed by atoms with van der Waals surface area (Å²) in [5.41, 5.74) is 2.91. The number of nitrogens with one attached hydrogen (secondary N) is 1. The molecule has 1 fully saturated rings. The second-order valence-corrected chi connectivity index (χ2v) is 7.24. The molecule has 0 atom stereocenters. The quantitative estimate of drug-likeness (QED) is 0.634. The number of rotatable bonds is 7. The summed E-state index contributed by atoms with van der Waals surface area (Å²) in [7, 11) is 0. The Morgan fingerprint density at radius 1 is 1.15 bits per heavy atom. The fourth-order valence-corrected chi connectivity index (χ4v) is 3.13. The molecule has 0 amide bonds. The van der Waals surface area contributed by atoms with Gasteiger partial charge in [0.15, 0.2) is 0 Å². The molecule has 1 aromatic rings. The van der Waals surface area contributed by atoms with Gasteiger partial charge in [-0.15, -0.1) is 0 Å². The van der Waals surface area contributed by atoms with Crippen molar-refractivity contribution in [2.75, 3.05) is 19.6 Å². The third-order valence-electron chi connectivity index (χ3n) is 4.43. The number of carboxylic acids is 2. The highest BCUT2D eigenvalue weighted by molar-refractivity contribution is 5.89. The molecule has 1 heterocycles. The van der Waals surface area contributed by atoms with Crippen molar-refractivity contribution in [1.82, 2.24) is 10.2 Å². The van der Waals surface area contributed by atoms with Crippen LogP contribution in [0.1, 0.15) is 37.8 Å². The molecule has 0 bridgehead atoms. The third-order valence-corrected chi connectivity index (χ3v) is 4.43. The van der Waals surface area contributed by atoms with E-state index in [4.69, 9.17) is 10.2 Å². The lowest BCUT2D eigenvalue weighted by molar-refractivity contribution is -0.134. The van der Waals surface area contributed by atoms with E-state index in [0.717, 1.165) is 18.5 Å². The van der Waals surface area contributed by atoms with Crippen molar-refractivity contribution in [2.24, 2.45) is 5.92 Å². The van der Waals surface area contributed by atoms with Crippen LogP contribution in [0.15, 0.2) is 36.4 Å². The number of piperidine rings is 1. The Kier molecular flexibility index (Phi) is 10.4. The predicted molar refractivity (Wildman–Crippen MR) is 107 cm³/mol. The summed E-state index contributed by atoms with van der Waals surface area (Å²) in [5, 5.41) is 19.1. The van der Waals surface area contributed by atoms with E-state index in [2.05, 4.69) is 55.3 Å². The Balaban J connectivity index is 0.000000387. The topological polar surface area (TPSA) is 89.9 Å². The minimum atomic E-state index is -1.26. The van der Waals surface area contributed by atoms with Crippen LogP contribution in [0.5, 0.6) is 0 Å². The average molecular weight is 376 g/mol. The summed E-state index contributed by atoms with van der Waals surface area (Å²) in [5.74, 6) is -1.78. The van der Waals surface area contributed by atoms with Crippen LogP contribution >= 0.6 is 0 Å². The zero-order chi connectivity index (χ0) is 20.2. The Hall–Kier alpha value is -2.18. The van der Waals surface area contributed by atoms with Crippen LogP contribution in [0.4, 0.5) is 0 Å². The van der Waals surface area contributed by atoms with E-state index in [1.165, 1.54) is 43.6 Å². The molecule has 6 heteroatoms. The molecule has 0 saturated carbocycles. The van der Waals surface area contributed by atoms with Crippen molar-refractivity contribution < 1.29 is 19.8 Å². The Bertz CT molecular complexity index is 606. The fraction of sp³-hybridized carbons (Fsp3) is 0.524. The van der Waals surface area contributed by atoms with Gasteiger partial charge in [0.1, 0.15) is 0 Å². The van der Waals surface area contributed by atoms with Gasteiger partial charge in [-0.05, 0) is 49.9 Å². The number of carbonyl (C=O) groups is 2. The maximum absolute atomic E-state index is 9.55. The van der Waals surface area contributed by atoms with Crippen molar-refractivity contribution in [3.63, 3.8) is 0 Å². The van der Waals surface area contributed by atoms with Gasteiger partial charge in [0.05, 0.1) is 0 Å². The molecule has 150 valence electrons. The van der Waals surface area contributed by atoms with Crippen molar-refractivity contribution in [2.45, 2.75) is 46.2 Å². The molecule has 0 radical (unpaired) electrons. The third kappa shape index (κ3) is 9.92. The highest BCUT2D eigenvalue weighted by atomic mass is 16.4. The van der Waals surface area contributed by atoms with Gasteiger partial charge in [-0.3, -0.25) is 4.90 Å². The Labute approximate surface area is 161 Å². The maximum Gasteiger partial charge on any atom is 0.328 e. The van der Waals surface area contributed by atoms with Crippen molar-refractivity contribution in [3.8, 4) is 0 Å². The van der Waals surface area contributed by atoms with Gasteiger partial charge in [-0.25, -0.2) is 9.59 Å². The highest BCUT2D eigenvalue weighted by Crippen LogP contribution is 2.19. The molecule has 0 unspecified atom stereocenters. The summed E-state index contributed by atoms with van der Waals surface area (Å²) in [6, 6.07) is 9.56. The maximum atomic E-state index is 9.55. The molecule has 2 rings (SSSR count). The van der Waals surface area contributed by atoms with Crippen LogP contribution in [-0.4, -0.2) is 52.7 Å². The van der Waals surface area contributed by atoms with E-state index in [9.17, 15) is 9.59 Å². The first-order valence-electron chi connectivity index (χ1n) is 9.42. The number of hydrogen-bond donors (Lipinski definition) is 3. The van der Waals surface area contributed by atoms with Crippen LogP contribution in [0, 0.1) is 12.8 Å². The van der Waals surface area contributed by atoms with E-state index >= 15 is 0 Å². The van der Waals surface area contributed by atoms with Gasteiger partial charge in [0, 0.05) is 31.3 Å². The molecule has 1 aliphatic heterocycles. The second kappa shape index (κ2) is 12.3. The number of aryl methyl sites for hydroxylation is 1. The summed E-state index contributed by atoms with van der Waals surface area (Å²) in [4.78, 5) is 21.8. The van der Waals surface area contributed by atoms with Gasteiger partial charge < -0.3 is 15.5 Å². The minimum Gasteiger partial charge on any atom is -0.478 e. The lowest BCUT2D eigenvalue weighted by Crippen LogP contribution is -2.44. The van der Waals surface area contributed by atoms with E-state index < -0.39 is 11.9 Å². The first-order valence-corrected chi connectivity index (χ1v) is 9.42. The number of nitrogens with zero attached hydrogens (tertiary/aromatic N) is 1. The molecule has 0 spiro atoms. The lowest BCUT2D eigenvalue weighted by Gasteiger charge is -2.36. The minimum absolute atomic E-state index is 0.558. The van der Waals surface area contributed by atoms with Crippen LogP contribution in [0.25, 0.3) is 0 Å². The molecule has 0 aromatic heterocycles. The average Bonchev–Trinajstić information content (AvgIpc) is 2.62. The molecular formula is C21H32N2O4. The van der Waals surface area contributed by atoms with E-state index in [1.54, 1.807) is 0 Å². The number of carboxylic acid groups (broad SMARTS) is 2. The van der Waals surface area contributed by atoms with Gasteiger partial charge in [0.25, 0.3) is 0 Å². The van der Waals surface area contributed by atoms with Crippen LogP contribution < -0.4 is 5.32 Å². The van der Waals surface area contributed by atoms with Gasteiger partial charge in [-0.1, -0.05) is 38.1 Å². The highest BCUT2D eigenvalue weighted by Gasteiger charge is 2.22. The molecular weight excluding hydrogens is 344 g/mol. The summed E-state index contributed by atoms with van der Waals surface area (Å²) in [6.45, 7) is 11.5. The summed E-state index contributed by atoms with van der Waals surface area (Å²) in [6.07, 6.45) is 3.70. The monoisotopic (exact) mass is 376 g/mol. The molecule has 27 heavy (non-hydrogen) atoms. The molecule has 3 N–H and O–H groups in total. The number of aliphatic carboxylic acids is 2. The Morgan fingerprint density at radius 2 is 1.70 bits per heavy atom. The largest absolute Gasteiger partial charge is 0.478 e. The first kappa shape index (κ1) is 22.9. The SMILES string of the molecule is Cc1ccccc1CN(CC(C)C)C1CCNCC1.O=C(O)C=CC(=O)O. The fourth-order valence-electron chi connectivity index (χ4n) is 3.13. The lowest BCUT2D eigenvalue weighted by atomic mass is 10.0.